The fourth-order valence-electron chi connectivity index (χ4n) is 3.81. The first-order valence-corrected chi connectivity index (χ1v) is 10.3. The molecule has 0 saturated heterocycles. The van der Waals surface area contributed by atoms with Crippen LogP contribution >= 0.6 is 11.6 Å². The summed E-state index contributed by atoms with van der Waals surface area (Å²) in [4.78, 5) is 15.3. The van der Waals surface area contributed by atoms with Crippen LogP contribution in [0.5, 0.6) is 0 Å². The number of benzene rings is 1. The maximum Gasteiger partial charge on any atom is 0.227 e. The highest BCUT2D eigenvalue weighted by Crippen LogP contribution is 2.37. The Kier molecular flexibility index (Phi) is 5.95. The third-order valence-electron chi connectivity index (χ3n) is 5.40. The van der Waals surface area contributed by atoms with Gasteiger partial charge in [-0.15, -0.1) is 0 Å². The van der Waals surface area contributed by atoms with Crippen LogP contribution in [0.3, 0.4) is 0 Å². The van der Waals surface area contributed by atoms with Crippen molar-refractivity contribution in [2.45, 2.75) is 72.5 Å². The topological polar surface area (TPSA) is 38.1 Å². The smallest absolute Gasteiger partial charge is 0.227 e. The minimum Gasteiger partial charge on any atom is -0.333 e. The van der Waals surface area contributed by atoms with Gasteiger partial charge in [-0.2, -0.15) is 5.10 Å². The quantitative estimate of drug-likeness (QED) is 0.662. The molecule has 5 heteroatoms. The van der Waals surface area contributed by atoms with E-state index in [1.165, 1.54) is 0 Å². The average molecular weight is 388 g/mol. The van der Waals surface area contributed by atoms with Gasteiger partial charge in [0, 0.05) is 28.9 Å². The maximum atomic E-state index is 13.3. The number of hydrogen-bond donors (Lipinski definition) is 0. The van der Waals surface area contributed by atoms with Crippen molar-refractivity contribution < 1.29 is 4.79 Å². The molecule has 0 spiro atoms. The lowest BCUT2D eigenvalue weighted by atomic mass is 10.0. The number of nitrogens with zero attached hydrogens (tertiary/aromatic N) is 3. The van der Waals surface area contributed by atoms with E-state index in [9.17, 15) is 4.79 Å². The summed E-state index contributed by atoms with van der Waals surface area (Å²) in [7, 11) is 0. The Morgan fingerprint density at radius 1 is 1.26 bits per heavy atom. The van der Waals surface area contributed by atoms with Gasteiger partial charge in [0.2, 0.25) is 5.91 Å². The number of rotatable bonds is 7. The van der Waals surface area contributed by atoms with E-state index in [1.807, 2.05) is 40.8 Å². The number of hydrogen-bond acceptors (Lipinski definition) is 2. The van der Waals surface area contributed by atoms with Gasteiger partial charge in [-0.05, 0) is 51.2 Å². The summed E-state index contributed by atoms with van der Waals surface area (Å²) in [5.41, 5.74) is 4.15. The lowest BCUT2D eigenvalue weighted by molar-refractivity contribution is -0.133. The summed E-state index contributed by atoms with van der Waals surface area (Å²) in [6.07, 6.45) is 2.55. The molecule has 146 valence electrons. The standard InChI is InChI=1S/C22H30ClN3O/c1-14(2)13-25-16(4)20(15(3)24-25)12-22(27)26(18-10-11-18)17(5)19-8-6-7-9-21(19)23/h6-9,14,17-18H,10-13H2,1-5H3. The number of carbonyl (C=O) groups excluding carboxylic acids is 1. The monoisotopic (exact) mass is 387 g/mol. The fraction of sp³-hybridized carbons (Fsp3) is 0.545. The van der Waals surface area contributed by atoms with Crippen molar-refractivity contribution in [3.8, 4) is 0 Å². The highest BCUT2D eigenvalue weighted by atomic mass is 35.5. The first kappa shape index (κ1) is 19.9. The molecule has 1 aromatic heterocycles. The molecule has 0 radical (unpaired) electrons. The number of aromatic nitrogens is 2. The van der Waals surface area contributed by atoms with Crippen molar-refractivity contribution in [2.75, 3.05) is 0 Å². The largest absolute Gasteiger partial charge is 0.333 e. The summed E-state index contributed by atoms with van der Waals surface area (Å²) in [5.74, 6) is 0.690. The normalized spacial score (nSPS) is 15.2. The molecule has 1 fully saturated rings. The van der Waals surface area contributed by atoms with Crippen LogP contribution in [0.15, 0.2) is 24.3 Å². The van der Waals surface area contributed by atoms with Crippen molar-refractivity contribution in [1.29, 1.82) is 0 Å². The highest BCUT2D eigenvalue weighted by Gasteiger charge is 2.37. The molecule has 1 aliphatic rings. The zero-order chi connectivity index (χ0) is 19.7. The molecule has 1 saturated carbocycles. The second-order valence-corrected chi connectivity index (χ2v) is 8.54. The SMILES string of the molecule is Cc1nn(CC(C)C)c(C)c1CC(=O)N(C1CC1)C(C)c1ccccc1Cl. The molecule has 2 aromatic rings. The number of halogens is 1. The first-order valence-electron chi connectivity index (χ1n) is 9.88. The van der Waals surface area contributed by atoms with Crippen molar-refractivity contribution in [3.05, 3.63) is 51.8 Å². The summed E-state index contributed by atoms with van der Waals surface area (Å²) in [6.45, 7) is 11.4. The average Bonchev–Trinajstić information content (AvgIpc) is 3.39. The van der Waals surface area contributed by atoms with Crippen LogP contribution in [0.4, 0.5) is 0 Å². The predicted octanol–water partition coefficient (Wildman–Crippen LogP) is 5.10. The minimum absolute atomic E-state index is 0.0231. The van der Waals surface area contributed by atoms with Crippen molar-refractivity contribution in [1.82, 2.24) is 14.7 Å². The third-order valence-corrected chi connectivity index (χ3v) is 5.74. The number of amides is 1. The van der Waals surface area contributed by atoms with Gasteiger partial charge in [0.05, 0.1) is 18.2 Å². The summed E-state index contributed by atoms with van der Waals surface area (Å²) < 4.78 is 2.04. The summed E-state index contributed by atoms with van der Waals surface area (Å²) >= 11 is 6.40. The minimum atomic E-state index is -0.0231. The zero-order valence-corrected chi connectivity index (χ0v) is 17.8. The Bertz CT molecular complexity index is 823. The molecule has 0 N–H and O–H groups in total. The van der Waals surface area contributed by atoms with E-state index >= 15 is 0 Å². The molecule has 27 heavy (non-hydrogen) atoms. The van der Waals surface area contributed by atoms with Crippen LogP contribution in [-0.2, 0) is 17.8 Å². The van der Waals surface area contributed by atoms with Crippen LogP contribution in [0, 0.1) is 19.8 Å². The summed E-state index contributed by atoms with van der Waals surface area (Å²) in [6, 6.07) is 8.13. The van der Waals surface area contributed by atoms with Crippen molar-refractivity contribution >= 4 is 17.5 Å². The Balaban J connectivity index is 1.83. The Hall–Kier alpha value is -1.81. The van der Waals surface area contributed by atoms with E-state index in [0.29, 0.717) is 18.4 Å². The Morgan fingerprint density at radius 3 is 2.52 bits per heavy atom. The van der Waals surface area contributed by atoms with Gasteiger partial charge in [0.15, 0.2) is 0 Å². The van der Waals surface area contributed by atoms with E-state index < -0.39 is 0 Å². The third kappa shape index (κ3) is 4.37. The van der Waals surface area contributed by atoms with Gasteiger partial charge in [-0.3, -0.25) is 9.48 Å². The number of aryl methyl sites for hydroxylation is 1. The van der Waals surface area contributed by atoms with Gasteiger partial charge in [0.1, 0.15) is 0 Å². The van der Waals surface area contributed by atoms with Crippen LogP contribution in [0.1, 0.15) is 62.2 Å². The van der Waals surface area contributed by atoms with Crippen LogP contribution < -0.4 is 0 Å². The maximum absolute atomic E-state index is 13.3. The zero-order valence-electron chi connectivity index (χ0n) is 17.0. The molecule has 1 aliphatic carbocycles. The van der Waals surface area contributed by atoms with Gasteiger partial charge in [-0.25, -0.2) is 0 Å². The van der Waals surface area contributed by atoms with Crippen molar-refractivity contribution in [2.24, 2.45) is 5.92 Å². The van der Waals surface area contributed by atoms with Gasteiger partial charge in [-0.1, -0.05) is 43.6 Å². The molecule has 1 unspecified atom stereocenters. The molecular weight excluding hydrogens is 358 g/mol. The molecule has 0 aliphatic heterocycles. The van der Waals surface area contributed by atoms with Gasteiger partial charge in [0.25, 0.3) is 0 Å². The fourth-order valence-corrected chi connectivity index (χ4v) is 4.10. The molecule has 1 aromatic carbocycles. The first-order chi connectivity index (χ1) is 12.8. The van der Waals surface area contributed by atoms with E-state index in [-0.39, 0.29) is 11.9 Å². The predicted molar refractivity (Wildman–Crippen MR) is 110 cm³/mol. The number of carbonyl (C=O) groups is 1. The van der Waals surface area contributed by atoms with E-state index in [0.717, 1.165) is 46.9 Å². The lowest BCUT2D eigenvalue weighted by Crippen LogP contribution is -2.37. The van der Waals surface area contributed by atoms with Crippen LogP contribution in [0.2, 0.25) is 5.02 Å². The van der Waals surface area contributed by atoms with E-state index in [2.05, 4.69) is 32.8 Å². The lowest BCUT2D eigenvalue weighted by Gasteiger charge is -2.30. The molecule has 4 nitrogen and oxygen atoms in total. The molecular formula is C22H30ClN3O. The molecule has 1 atom stereocenters. The molecule has 0 bridgehead atoms. The Morgan fingerprint density at radius 2 is 1.93 bits per heavy atom. The Labute approximate surface area is 167 Å². The molecule has 3 rings (SSSR count). The van der Waals surface area contributed by atoms with Crippen molar-refractivity contribution in [3.63, 3.8) is 0 Å². The van der Waals surface area contributed by atoms with Crippen LogP contribution in [-0.4, -0.2) is 26.6 Å². The molecule has 1 amide bonds. The summed E-state index contributed by atoms with van der Waals surface area (Å²) in [5, 5.41) is 5.39. The second kappa shape index (κ2) is 8.05. The van der Waals surface area contributed by atoms with Gasteiger partial charge < -0.3 is 4.90 Å². The van der Waals surface area contributed by atoms with E-state index in [1.54, 1.807) is 0 Å². The second-order valence-electron chi connectivity index (χ2n) is 8.13. The van der Waals surface area contributed by atoms with Gasteiger partial charge >= 0.3 is 0 Å². The van der Waals surface area contributed by atoms with Crippen LogP contribution in [0.25, 0.3) is 0 Å². The van der Waals surface area contributed by atoms with E-state index in [4.69, 9.17) is 11.6 Å². The molecule has 1 heterocycles. The highest BCUT2D eigenvalue weighted by molar-refractivity contribution is 6.31.